The van der Waals surface area contributed by atoms with E-state index in [4.69, 9.17) is 0 Å². The van der Waals surface area contributed by atoms with Crippen LogP contribution in [0.25, 0.3) is 0 Å². The van der Waals surface area contributed by atoms with Gasteiger partial charge in [-0.3, -0.25) is 4.79 Å². The summed E-state index contributed by atoms with van der Waals surface area (Å²) in [5.41, 5.74) is 3.04. The predicted octanol–water partition coefficient (Wildman–Crippen LogP) is 2.18. The van der Waals surface area contributed by atoms with Gasteiger partial charge in [0.1, 0.15) is 0 Å². The van der Waals surface area contributed by atoms with Gasteiger partial charge < -0.3 is 10.6 Å². The number of benzene rings is 1. The monoisotopic (exact) mass is 246 g/mol. The van der Waals surface area contributed by atoms with Crippen LogP contribution in [-0.4, -0.2) is 25.0 Å². The van der Waals surface area contributed by atoms with E-state index in [0.717, 1.165) is 30.6 Å². The van der Waals surface area contributed by atoms with Crippen LogP contribution in [0.3, 0.4) is 0 Å². The Kier molecular flexibility index (Phi) is 4.37. The average molecular weight is 246 g/mol. The molecule has 2 N–H and O–H groups in total. The summed E-state index contributed by atoms with van der Waals surface area (Å²) in [7, 11) is 0. The minimum absolute atomic E-state index is 0.0567. The maximum Gasteiger partial charge on any atom is 0.251 e. The molecule has 1 aromatic carbocycles. The molecule has 1 amide bonds. The summed E-state index contributed by atoms with van der Waals surface area (Å²) in [6.45, 7) is 5.99. The Labute approximate surface area is 109 Å². The van der Waals surface area contributed by atoms with Crippen LogP contribution in [0.4, 0.5) is 0 Å². The maximum atomic E-state index is 12.2. The van der Waals surface area contributed by atoms with Gasteiger partial charge in [-0.05, 0) is 44.9 Å². The van der Waals surface area contributed by atoms with Gasteiger partial charge in [-0.1, -0.05) is 24.1 Å². The summed E-state index contributed by atoms with van der Waals surface area (Å²) in [6.07, 6.45) is 3.46. The van der Waals surface area contributed by atoms with Crippen molar-refractivity contribution in [2.24, 2.45) is 0 Å². The van der Waals surface area contributed by atoms with Crippen LogP contribution >= 0.6 is 0 Å². The third-order valence-corrected chi connectivity index (χ3v) is 3.51. The van der Waals surface area contributed by atoms with Gasteiger partial charge in [0.25, 0.3) is 5.91 Å². The molecule has 1 atom stereocenters. The van der Waals surface area contributed by atoms with E-state index in [1.807, 2.05) is 26.0 Å². The minimum Gasteiger partial charge on any atom is -0.348 e. The second-order valence-electron chi connectivity index (χ2n) is 5.19. The van der Waals surface area contributed by atoms with Crippen molar-refractivity contribution in [1.82, 2.24) is 10.6 Å². The lowest BCUT2D eigenvalue weighted by Gasteiger charge is -2.17. The quantitative estimate of drug-likeness (QED) is 0.839. The van der Waals surface area contributed by atoms with Crippen molar-refractivity contribution in [2.45, 2.75) is 39.2 Å². The van der Waals surface area contributed by atoms with Crippen LogP contribution in [0.15, 0.2) is 18.2 Å². The molecule has 0 saturated carbocycles. The lowest BCUT2D eigenvalue weighted by molar-refractivity contribution is 0.0935. The molecule has 2 rings (SSSR count). The van der Waals surface area contributed by atoms with Crippen molar-refractivity contribution < 1.29 is 4.79 Å². The van der Waals surface area contributed by atoms with Crippen molar-refractivity contribution in [3.05, 3.63) is 34.9 Å². The molecule has 1 fully saturated rings. The second kappa shape index (κ2) is 6.01. The van der Waals surface area contributed by atoms with E-state index in [-0.39, 0.29) is 11.9 Å². The van der Waals surface area contributed by atoms with Gasteiger partial charge >= 0.3 is 0 Å². The number of rotatable bonds is 2. The van der Waals surface area contributed by atoms with Crippen molar-refractivity contribution in [3.8, 4) is 0 Å². The summed E-state index contributed by atoms with van der Waals surface area (Å²) >= 11 is 0. The van der Waals surface area contributed by atoms with E-state index in [1.165, 1.54) is 18.4 Å². The first kappa shape index (κ1) is 13.1. The summed E-state index contributed by atoms with van der Waals surface area (Å²) < 4.78 is 0. The van der Waals surface area contributed by atoms with E-state index in [0.29, 0.717) is 0 Å². The molecule has 0 radical (unpaired) electrons. The zero-order valence-electron chi connectivity index (χ0n) is 11.3. The fraction of sp³-hybridized carbons (Fsp3) is 0.533. The Morgan fingerprint density at radius 2 is 2.17 bits per heavy atom. The first-order valence-corrected chi connectivity index (χ1v) is 6.75. The highest BCUT2D eigenvalue weighted by atomic mass is 16.1. The lowest BCUT2D eigenvalue weighted by Crippen LogP contribution is -2.41. The number of amides is 1. The van der Waals surface area contributed by atoms with Crippen LogP contribution in [0.5, 0.6) is 0 Å². The highest BCUT2D eigenvalue weighted by Crippen LogP contribution is 2.11. The Bertz CT molecular complexity index is 421. The summed E-state index contributed by atoms with van der Waals surface area (Å²) in [5.74, 6) is 0.0567. The number of carbonyl (C=O) groups excluding carboxylic acids is 1. The van der Waals surface area contributed by atoms with E-state index >= 15 is 0 Å². The molecule has 3 nitrogen and oxygen atoms in total. The smallest absolute Gasteiger partial charge is 0.251 e. The fourth-order valence-corrected chi connectivity index (χ4v) is 2.47. The van der Waals surface area contributed by atoms with Crippen molar-refractivity contribution in [3.63, 3.8) is 0 Å². The summed E-state index contributed by atoms with van der Waals surface area (Å²) in [6, 6.07) is 6.23. The predicted molar refractivity (Wildman–Crippen MR) is 73.9 cm³/mol. The van der Waals surface area contributed by atoms with Crippen LogP contribution in [0.1, 0.15) is 40.7 Å². The number of carbonyl (C=O) groups is 1. The van der Waals surface area contributed by atoms with Crippen LogP contribution in [-0.2, 0) is 0 Å². The van der Waals surface area contributed by atoms with Gasteiger partial charge in [0, 0.05) is 18.2 Å². The highest BCUT2D eigenvalue weighted by Gasteiger charge is 2.16. The van der Waals surface area contributed by atoms with E-state index in [1.54, 1.807) is 0 Å². The Morgan fingerprint density at radius 1 is 1.33 bits per heavy atom. The molecule has 1 aliphatic rings. The molecule has 0 bridgehead atoms. The van der Waals surface area contributed by atoms with Crippen molar-refractivity contribution in [2.75, 3.05) is 13.1 Å². The maximum absolute atomic E-state index is 12.2. The standard InChI is InChI=1S/C15H22N2O/c1-11-6-7-14(12(2)9-11)15(18)17-13-5-3-4-8-16-10-13/h6-7,9,13,16H,3-5,8,10H2,1-2H3,(H,17,18). The number of aryl methyl sites for hydroxylation is 2. The summed E-state index contributed by atoms with van der Waals surface area (Å²) in [4.78, 5) is 12.2. The minimum atomic E-state index is 0.0567. The molecule has 0 spiro atoms. The normalized spacial score (nSPS) is 20.2. The number of nitrogens with one attached hydrogen (secondary N) is 2. The van der Waals surface area contributed by atoms with Crippen LogP contribution in [0.2, 0.25) is 0 Å². The van der Waals surface area contributed by atoms with Crippen molar-refractivity contribution >= 4 is 5.91 Å². The second-order valence-corrected chi connectivity index (χ2v) is 5.19. The van der Waals surface area contributed by atoms with Crippen molar-refractivity contribution in [1.29, 1.82) is 0 Å². The van der Waals surface area contributed by atoms with E-state index in [2.05, 4.69) is 16.7 Å². The molecule has 1 aliphatic heterocycles. The van der Waals surface area contributed by atoms with Gasteiger partial charge in [-0.25, -0.2) is 0 Å². The third-order valence-electron chi connectivity index (χ3n) is 3.51. The van der Waals surface area contributed by atoms with E-state index < -0.39 is 0 Å². The van der Waals surface area contributed by atoms with Gasteiger partial charge in [0.15, 0.2) is 0 Å². The van der Waals surface area contributed by atoms with Gasteiger partial charge in [0.05, 0.1) is 0 Å². The molecular weight excluding hydrogens is 224 g/mol. The first-order chi connectivity index (χ1) is 8.66. The number of hydrogen-bond donors (Lipinski definition) is 2. The Hall–Kier alpha value is -1.35. The molecule has 3 heteroatoms. The molecule has 1 aromatic rings. The van der Waals surface area contributed by atoms with Gasteiger partial charge in [0.2, 0.25) is 0 Å². The average Bonchev–Trinajstić information content (AvgIpc) is 2.57. The third kappa shape index (κ3) is 3.33. The fourth-order valence-electron chi connectivity index (χ4n) is 2.47. The SMILES string of the molecule is Cc1ccc(C(=O)NC2CCCCNC2)c(C)c1. The lowest BCUT2D eigenvalue weighted by atomic mass is 10.0. The molecule has 98 valence electrons. The number of hydrogen-bond acceptors (Lipinski definition) is 2. The molecule has 18 heavy (non-hydrogen) atoms. The molecule has 1 heterocycles. The zero-order valence-corrected chi connectivity index (χ0v) is 11.3. The largest absolute Gasteiger partial charge is 0.348 e. The van der Waals surface area contributed by atoms with Gasteiger partial charge in [-0.15, -0.1) is 0 Å². The molecule has 1 saturated heterocycles. The molecular formula is C15H22N2O. The Balaban J connectivity index is 2.02. The highest BCUT2D eigenvalue weighted by molar-refractivity contribution is 5.95. The van der Waals surface area contributed by atoms with Gasteiger partial charge in [-0.2, -0.15) is 0 Å². The Morgan fingerprint density at radius 3 is 2.94 bits per heavy atom. The molecule has 0 aromatic heterocycles. The summed E-state index contributed by atoms with van der Waals surface area (Å²) in [5, 5.41) is 6.50. The van der Waals surface area contributed by atoms with Crippen LogP contribution < -0.4 is 10.6 Å². The van der Waals surface area contributed by atoms with E-state index in [9.17, 15) is 4.79 Å². The molecule has 0 aliphatic carbocycles. The first-order valence-electron chi connectivity index (χ1n) is 6.75. The molecule has 1 unspecified atom stereocenters. The topological polar surface area (TPSA) is 41.1 Å². The zero-order chi connectivity index (χ0) is 13.0. The van der Waals surface area contributed by atoms with Crippen LogP contribution in [0, 0.1) is 13.8 Å².